The molecule has 0 radical (unpaired) electrons. The quantitative estimate of drug-likeness (QED) is 0.889. The SMILES string of the molecule is N#CC1=C(N)OC(C2CC2)=C(C#N)[C@H]1c1ccccc1. The molecule has 1 aromatic carbocycles. The molecule has 0 aromatic heterocycles. The van der Waals surface area contributed by atoms with Gasteiger partial charge in [-0.15, -0.1) is 0 Å². The Hall–Kier alpha value is -2.72. The van der Waals surface area contributed by atoms with E-state index in [9.17, 15) is 10.5 Å². The van der Waals surface area contributed by atoms with Crippen molar-refractivity contribution in [1.82, 2.24) is 0 Å². The van der Waals surface area contributed by atoms with Gasteiger partial charge in [0, 0.05) is 5.92 Å². The van der Waals surface area contributed by atoms with Gasteiger partial charge in [-0.1, -0.05) is 30.3 Å². The summed E-state index contributed by atoms with van der Waals surface area (Å²) in [6, 6.07) is 13.8. The summed E-state index contributed by atoms with van der Waals surface area (Å²) in [4.78, 5) is 0. The zero-order valence-electron chi connectivity index (χ0n) is 10.8. The van der Waals surface area contributed by atoms with E-state index in [-0.39, 0.29) is 11.8 Å². The van der Waals surface area contributed by atoms with Crippen LogP contribution in [0, 0.1) is 28.6 Å². The first-order valence-corrected chi connectivity index (χ1v) is 6.53. The lowest BCUT2D eigenvalue weighted by Crippen LogP contribution is -2.21. The molecule has 1 atom stereocenters. The van der Waals surface area contributed by atoms with Gasteiger partial charge in [-0.05, 0) is 18.4 Å². The summed E-state index contributed by atoms with van der Waals surface area (Å²) < 4.78 is 5.56. The van der Waals surface area contributed by atoms with E-state index in [1.54, 1.807) is 0 Å². The van der Waals surface area contributed by atoms with E-state index in [1.807, 2.05) is 30.3 Å². The van der Waals surface area contributed by atoms with Gasteiger partial charge in [-0.2, -0.15) is 10.5 Å². The molecular formula is C16H13N3O. The highest BCUT2D eigenvalue weighted by molar-refractivity contribution is 5.53. The Labute approximate surface area is 117 Å². The van der Waals surface area contributed by atoms with E-state index in [0.29, 0.717) is 16.9 Å². The van der Waals surface area contributed by atoms with Gasteiger partial charge in [-0.25, -0.2) is 0 Å². The normalized spacial score (nSPS) is 22.0. The molecule has 2 aliphatic rings. The molecule has 1 aliphatic carbocycles. The monoisotopic (exact) mass is 263 g/mol. The standard InChI is InChI=1S/C16H13N3O/c17-8-12-14(10-4-2-1-3-5-10)13(9-18)16(19)20-15(12)11-6-7-11/h1-5,11,14H,6-7,19H2/t14-/m1/s1. The first-order chi connectivity index (χ1) is 9.76. The Morgan fingerprint density at radius 1 is 1.05 bits per heavy atom. The van der Waals surface area contributed by atoms with Gasteiger partial charge >= 0.3 is 0 Å². The highest BCUT2D eigenvalue weighted by atomic mass is 16.5. The highest BCUT2D eigenvalue weighted by Gasteiger charge is 2.39. The van der Waals surface area contributed by atoms with Gasteiger partial charge in [0.05, 0.1) is 17.6 Å². The Morgan fingerprint density at radius 3 is 2.25 bits per heavy atom. The summed E-state index contributed by atoms with van der Waals surface area (Å²) in [5.41, 5.74) is 7.61. The zero-order valence-corrected chi connectivity index (χ0v) is 10.8. The van der Waals surface area contributed by atoms with Crippen molar-refractivity contribution in [2.24, 2.45) is 11.7 Å². The van der Waals surface area contributed by atoms with Crippen molar-refractivity contribution in [3.05, 3.63) is 58.7 Å². The predicted octanol–water partition coefficient (Wildman–Crippen LogP) is 2.68. The van der Waals surface area contributed by atoms with E-state index >= 15 is 0 Å². The lowest BCUT2D eigenvalue weighted by molar-refractivity contribution is 0.260. The molecule has 1 aromatic rings. The molecule has 4 nitrogen and oxygen atoms in total. The summed E-state index contributed by atoms with van der Waals surface area (Å²) in [5, 5.41) is 18.9. The Bertz CT molecular complexity index is 685. The topological polar surface area (TPSA) is 82.8 Å². The van der Waals surface area contributed by atoms with E-state index in [0.717, 1.165) is 18.4 Å². The summed E-state index contributed by atoms with van der Waals surface area (Å²) in [6.45, 7) is 0. The minimum absolute atomic E-state index is 0.127. The highest BCUT2D eigenvalue weighted by Crippen LogP contribution is 2.46. The number of benzene rings is 1. The van der Waals surface area contributed by atoms with Crippen molar-refractivity contribution in [2.45, 2.75) is 18.8 Å². The number of nitrogens with zero attached hydrogens (tertiary/aromatic N) is 2. The summed E-state index contributed by atoms with van der Waals surface area (Å²) in [7, 11) is 0. The van der Waals surface area contributed by atoms with Gasteiger partial charge in [0.15, 0.2) is 0 Å². The molecule has 98 valence electrons. The fourth-order valence-electron chi connectivity index (χ4n) is 2.52. The van der Waals surface area contributed by atoms with Gasteiger partial charge in [0.1, 0.15) is 17.4 Å². The molecule has 1 fully saturated rings. The first-order valence-electron chi connectivity index (χ1n) is 6.53. The van der Waals surface area contributed by atoms with Crippen LogP contribution < -0.4 is 5.73 Å². The maximum Gasteiger partial charge on any atom is 0.205 e. The van der Waals surface area contributed by atoms with Crippen LogP contribution in [0.15, 0.2) is 53.1 Å². The molecule has 0 spiro atoms. The molecule has 0 unspecified atom stereocenters. The molecule has 0 amide bonds. The lowest BCUT2D eigenvalue weighted by atomic mass is 9.83. The van der Waals surface area contributed by atoms with E-state index in [2.05, 4.69) is 12.1 Å². The van der Waals surface area contributed by atoms with Crippen LogP contribution in [0.3, 0.4) is 0 Å². The minimum Gasteiger partial charge on any atom is -0.444 e. The van der Waals surface area contributed by atoms with Crippen molar-refractivity contribution in [1.29, 1.82) is 10.5 Å². The van der Waals surface area contributed by atoms with Crippen LogP contribution in [0.2, 0.25) is 0 Å². The van der Waals surface area contributed by atoms with E-state index in [1.165, 1.54) is 0 Å². The number of hydrogen-bond acceptors (Lipinski definition) is 4. The van der Waals surface area contributed by atoms with Crippen LogP contribution in [0.5, 0.6) is 0 Å². The van der Waals surface area contributed by atoms with Crippen LogP contribution in [-0.2, 0) is 4.74 Å². The van der Waals surface area contributed by atoms with Gasteiger partial charge in [0.25, 0.3) is 0 Å². The fourth-order valence-corrected chi connectivity index (χ4v) is 2.52. The number of nitrogens with two attached hydrogens (primary N) is 1. The first kappa shape index (κ1) is 12.3. The van der Waals surface area contributed by atoms with Crippen LogP contribution in [0.4, 0.5) is 0 Å². The molecule has 0 saturated heterocycles. The number of hydrogen-bond donors (Lipinski definition) is 1. The largest absolute Gasteiger partial charge is 0.444 e. The van der Waals surface area contributed by atoms with Crippen LogP contribution in [0.1, 0.15) is 24.3 Å². The maximum atomic E-state index is 9.51. The maximum absolute atomic E-state index is 9.51. The van der Waals surface area contributed by atoms with Crippen molar-refractivity contribution in [3.8, 4) is 12.1 Å². The smallest absolute Gasteiger partial charge is 0.205 e. The summed E-state index contributed by atoms with van der Waals surface area (Å²) in [6.07, 6.45) is 2.02. The Balaban J connectivity index is 2.16. The van der Waals surface area contributed by atoms with Crippen molar-refractivity contribution >= 4 is 0 Å². The van der Waals surface area contributed by atoms with Crippen LogP contribution in [0.25, 0.3) is 0 Å². The second kappa shape index (κ2) is 4.75. The average Bonchev–Trinajstić information content (AvgIpc) is 3.31. The number of ether oxygens (including phenoxy) is 1. The third-order valence-electron chi connectivity index (χ3n) is 3.65. The number of nitriles is 2. The molecule has 1 aliphatic heterocycles. The molecule has 0 bridgehead atoms. The van der Waals surface area contributed by atoms with Gasteiger partial charge in [-0.3, -0.25) is 0 Å². The van der Waals surface area contributed by atoms with Crippen LogP contribution >= 0.6 is 0 Å². The van der Waals surface area contributed by atoms with Crippen molar-refractivity contribution in [2.75, 3.05) is 0 Å². The molecule has 3 rings (SSSR count). The van der Waals surface area contributed by atoms with Gasteiger partial charge < -0.3 is 10.5 Å². The number of rotatable bonds is 2. The van der Waals surface area contributed by atoms with Crippen molar-refractivity contribution in [3.63, 3.8) is 0 Å². The van der Waals surface area contributed by atoms with E-state index < -0.39 is 5.92 Å². The third-order valence-corrected chi connectivity index (χ3v) is 3.65. The predicted molar refractivity (Wildman–Crippen MR) is 72.5 cm³/mol. The average molecular weight is 263 g/mol. The summed E-state index contributed by atoms with van der Waals surface area (Å²) >= 11 is 0. The molecular weight excluding hydrogens is 250 g/mol. The molecule has 2 N–H and O–H groups in total. The summed E-state index contributed by atoms with van der Waals surface area (Å²) in [5.74, 6) is 0.644. The van der Waals surface area contributed by atoms with Crippen LogP contribution in [-0.4, -0.2) is 0 Å². The zero-order chi connectivity index (χ0) is 14.1. The fraction of sp³-hybridized carbons (Fsp3) is 0.250. The molecule has 1 heterocycles. The van der Waals surface area contributed by atoms with E-state index in [4.69, 9.17) is 10.5 Å². The van der Waals surface area contributed by atoms with Gasteiger partial charge in [0.2, 0.25) is 5.88 Å². The molecule has 4 heteroatoms. The van der Waals surface area contributed by atoms with Crippen molar-refractivity contribution < 1.29 is 4.74 Å². The second-order valence-corrected chi connectivity index (χ2v) is 5.00. The Kier molecular flexibility index (Phi) is 2.93. The molecule has 1 saturated carbocycles. The minimum atomic E-state index is -0.407. The lowest BCUT2D eigenvalue weighted by Gasteiger charge is -2.25. The number of allylic oxidation sites excluding steroid dienone is 3. The molecule has 20 heavy (non-hydrogen) atoms. The second-order valence-electron chi connectivity index (χ2n) is 5.00. The third kappa shape index (κ3) is 1.92. The Morgan fingerprint density at radius 2 is 1.70 bits per heavy atom.